The maximum absolute atomic E-state index is 5.66. The molecule has 1 aliphatic heterocycles. The quantitative estimate of drug-likeness (QED) is 0.753. The van der Waals surface area contributed by atoms with Crippen molar-refractivity contribution in [3.05, 3.63) is 0 Å². The molecule has 0 saturated carbocycles. The lowest BCUT2D eigenvalue weighted by Crippen LogP contribution is -2.33. The maximum atomic E-state index is 5.66. The number of rotatable bonds is 3. The summed E-state index contributed by atoms with van der Waals surface area (Å²) < 4.78 is 0. The average Bonchev–Trinajstić information content (AvgIpc) is 2.31. The summed E-state index contributed by atoms with van der Waals surface area (Å²) in [6, 6.07) is 0. The van der Waals surface area contributed by atoms with Gasteiger partial charge in [0.1, 0.15) is 0 Å². The fraction of sp³-hybridized carbons (Fsp3) is 1.00. The minimum absolute atomic E-state index is 0.663. The van der Waals surface area contributed by atoms with E-state index in [4.69, 9.17) is 5.73 Å². The van der Waals surface area contributed by atoms with E-state index in [0.29, 0.717) is 5.92 Å². The highest BCUT2D eigenvalue weighted by atomic mass is 15.1. The van der Waals surface area contributed by atoms with Crippen LogP contribution < -0.4 is 5.73 Å². The van der Waals surface area contributed by atoms with E-state index in [2.05, 4.69) is 11.8 Å². The first-order valence-corrected chi connectivity index (χ1v) is 6.25. The molecule has 14 heavy (non-hydrogen) atoms. The van der Waals surface area contributed by atoms with Gasteiger partial charge in [-0.3, -0.25) is 0 Å². The van der Waals surface area contributed by atoms with Crippen LogP contribution >= 0.6 is 0 Å². The topological polar surface area (TPSA) is 29.3 Å². The summed E-state index contributed by atoms with van der Waals surface area (Å²) in [7, 11) is 0. The van der Waals surface area contributed by atoms with E-state index >= 15 is 0 Å². The van der Waals surface area contributed by atoms with Gasteiger partial charge in [0, 0.05) is 6.54 Å². The first-order chi connectivity index (χ1) is 6.83. The SMILES string of the molecule is CC(CN)CN1CCCCCCCC1. The summed E-state index contributed by atoms with van der Waals surface area (Å²) in [5.41, 5.74) is 5.66. The van der Waals surface area contributed by atoms with Crippen molar-refractivity contribution in [2.75, 3.05) is 26.2 Å². The summed E-state index contributed by atoms with van der Waals surface area (Å²) >= 11 is 0. The zero-order valence-corrected chi connectivity index (χ0v) is 9.67. The van der Waals surface area contributed by atoms with Crippen LogP contribution in [-0.4, -0.2) is 31.1 Å². The van der Waals surface area contributed by atoms with Crippen molar-refractivity contribution in [2.24, 2.45) is 11.7 Å². The van der Waals surface area contributed by atoms with Gasteiger partial charge in [-0.15, -0.1) is 0 Å². The molecule has 0 aromatic heterocycles. The Morgan fingerprint density at radius 1 is 1.00 bits per heavy atom. The molecule has 0 aliphatic carbocycles. The molecule has 0 radical (unpaired) electrons. The normalized spacial score (nSPS) is 23.6. The molecule has 84 valence electrons. The molecule has 0 amide bonds. The van der Waals surface area contributed by atoms with Gasteiger partial charge in [0.25, 0.3) is 0 Å². The summed E-state index contributed by atoms with van der Waals surface area (Å²) in [4.78, 5) is 2.61. The van der Waals surface area contributed by atoms with Crippen molar-refractivity contribution >= 4 is 0 Å². The third-order valence-corrected chi connectivity index (χ3v) is 3.17. The highest BCUT2D eigenvalue weighted by Crippen LogP contribution is 2.12. The van der Waals surface area contributed by atoms with Gasteiger partial charge in [0.05, 0.1) is 0 Å². The molecule has 1 saturated heterocycles. The van der Waals surface area contributed by atoms with Crippen LogP contribution in [0.15, 0.2) is 0 Å². The first-order valence-electron chi connectivity index (χ1n) is 6.25. The van der Waals surface area contributed by atoms with E-state index in [1.54, 1.807) is 0 Å². The molecule has 1 fully saturated rings. The Balaban J connectivity index is 2.25. The van der Waals surface area contributed by atoms with E-state index in [0.717, 1.165) is 6.54 Å². The van der Waals surface area contributed by atoms with Gasteiger partial charge in [-0.05, 0) is 38.4 Å². The molecule has 2 heteroatoms. The molecule has 0 spiro atoms. The zero-order chi connectivity index (χ0) is 10.2. The van der Waals surface area contributed by atoms with Crippen LogP contribution in [0.4, 0.5) is 0 Å². The first kappa shape index (κ1) is 12.0. The third-order valence-electron chi connectivity index (χ3n) is 3.17. The van der Waals surface area contributed by atoms with E-state index in [9.17, 15) is 0 Å². The van der Waals surface area contributed by atoms with E-state index in [-0.39, 0.29) is 0 Å². The van der Waals surface area contributed by atoms with Crippen LogP contribution in [0.1, 0.15) is 45.4 Å². The predicted octanol–water partition coefficient (Wildman–Crippen LogP) is 2.24. The van der Waals surface area contributed by atoms with Gasteiger partial charge in [-0.2, -0.15) is 0 Å². The van der Waals surface area contributed by atoms with E-state index < -0.39 is 0 Å². The second kappa shape index (κ2) is 7.24. The van der Waals surface area contributed by atoms with Gasteiger partial charge < -0.3 is 10.6 Å². The molecular weight excluding hydrogens is 172 g/mol. The number of hydrogen-bond donors (Lipinski definition) is 1. The van der Waals surface area contributed by atoms with Crippen molar-refractivity contribution < 1.29 is 0 Å². The van der Waals surface area contributed by atoms with Crippen LogP contribution in [0.5, 0.6) is 0 Å². The number of nitrogens with two attached hydrogens (primary N) is 1. The lowest BCUT2D eigenvalue weighted by molar-refractivity contribution is 0.236. The van der Waals surface area contributed by atoms with Crippen LogP contribution in [0, 0.1) is 5.92 Å². The van der Waals surface area contributed by atoms with Crippen LogP contribution in [0.25, 0.3) is 0 Å². The second-order valence-corrected chi connectivity index (χ2v) is 4.76. The van der Waals surface area contributed by atoms with E-state index in [1.807, 2.05) is 0 Å². The van der Waals surface area contributed by atoms with Gasteiger partial charge in [0.15, 0.2) is 0 Å². The molecular formula is C12H26N2. The Morgan fingerprint density at radius 2 is 1.50 bits per heavy atom. The standard InChI is InChI=1S/C12H26N2/c1-12(10-13)11-14-8-6-4-2-3-5-7-9-14/h12H,2-11,13H2,1H3. The van der Waals surface area contributed by atoms with Crippen molar-refractivity contribution in [3.63, 3.8) is 0 Å². The molecule has 0 aromatic rings. The second-order valence-electron chi connectivity index (χ2n) is 4.76. The largest absolute Gasteiger partial charge is 0.330 e. The summed E-state index contributed by atoms with van der Waals surface area (Å²) in [5.74, 6) is 0.663. The Morgan fingerprint density at radius 3 is 2.00 bits per heavy atom. The lowest BCUT2D eigenvalue weighted by atomic mass is 10.1. The van der Waals surface area contributed by atoms with Crippen LogP contribution in [0.3, 0.4) is 0 Å². The molecule has 1 atom stereocenters. The van der Waals surface area contributed by atoms with Gasteiger partial charge >= 0.3 is 0 Å². The molecule has 1 aliphatic rings. The minimum atomic E-state index is 0.663. The number of hydrogen-bond acceptors (Lipinski definition) is 2. The van der Waals surface area contributed by atoms with Crippen molar-refractivity contribution in [1.29, 1.82) is 0 Å². The molecule has 1 heterocycles. The Labute approximate surface area is 88.8 Å². The zero-order valence-electron chi connectivity index (χ0n) is 9.67. The lowest BCUT2D eigenvalue weighted by Gasteiger charge is -2.24. The number of nitrogens with zero attached hydrogens (tertiary/aromatic N) is 1. The monoisotopic (exact) mass is 198 g/mol. The average molecular weight is 198 g/mol. The fourth-order valence-electron chi connectivity index (χ4n) is 2.19. The summed E-state index contributed by atoms with van der Waals surface area (Å²) in [6.45, 7) is 6.88. The fourth-order valence-corrected chi connectivity index (χ4v) is 2.19. The maximum Gasteiger partial charge on any atom is 0.00191 e. The van der Waals surface area contributed by atoms with Crippen molar-refractivity contribution in [2.45, 2.75) is 45.4 Å². The molecule has 1 unspecified atom stereocenters. The Hall–Kier alpha value is -0.0800. The highest BCUT2D eigenvalue weighted by molar-refractivity contribution is 4.65. The molecule has 2 nitrogen and oxygen atoms in total. The van der Waals surface area contributed by atoms with Gasteiger partial charge in [0.2, 0.25) is 0 Å². The van der Waals surface area contributed by atoms with Gasteiger partial charge in [-0.1, -0.05) is 32.6 Å². The predicted molar refractivity (Wildman–Crippen MR) is 62.4 cm³/mol. The van der Waals surface area contributed by atoms with Gasteiger partial charge in [-0.25, -0.2) is 0 Å². The van der Waals surface area contributed by atoms with E-state index in [1.165, 1.54) is 58.2 Å². The smallest absolute Gasteiger partial charge is 0.00191 e. The van der Waals surface area contributed by atoms with Crippen molar-refractivity contribution in [3.8, 4) is 0 Å². The van der Waals surface area contributed by atoms with Crippen molar-refractivity contribution in [1.82, 2.24) is 4.90 Å². The molecule has 1 rings (SSSR count). The summed E-state index contributed by atoms with van der Waals surface area (Å²) in [6.07, 6.45) is 8.51. The third kappa shape index (κ3) is 4.97. The highest BCUT2D eigenvalue weighted by Gasteiger charge is 2.09. The van der Waals surface area contributed by atoms with Crippen LogP contribution in [0.2, 0.25) is 0 Å². The summed E-state index contributed by atoms with van der Waals surface area (Å²) in [5, 5.41) is 0. The van der Waals surface area contributed by atoms with Crippen LogP contribution in [-0.2, 0) is 0 Å². The Kier molecular flexibility index (Phi) is 6.20. The molecule has 2 N–H and O–H groups in total. The Bertz CT molecular complexity index is 126. The molecule has 0 aromatic carbocycles. The minimum Gasteiger partial charge on any atom is -0.330 e. The molecule has 0 bridgehead atoms.